The van der Waals surface area contributed by atoms with Crippen LogP contribution in [0.25, 0.3) is 11.1 Å². The fourth-order valence-corrected chi connectivity index (χ4v) is 8.80. The Morgan fingerprint density at radius 3 is 2.27 bits per heavy atom. The maximum Gasteiger partial charge on any atom is 0.412 e. The van der Waals surface area contributed by atoms with Crippen molar-refractivity contribution in [1.82, 2.24) is 14.5 Å². The Labute approximate surface area is 380 Å². The highest BCUT2D eigenvalue weighted by molar-refractivity contribution is 7.99. The Morgan fingerprint density at radius 2 is 1.60 bits per heavy atom. The molecule has 1 saturated heterocycles. The van der Waals surface area contributed by atoms with Crippen molar-refractivity contribution >= 4 is 70.1 Å². The zero-order valence-corrected chi connectivity index (χ0v) is 38.8. The van der Waals surface area contributed by atoms with Crippen LogP contribution in [0.4, 0.5) is 27.5 Å². The van der Waals surface area contributed by atoms with E-state index in [2.05, 4.69) is 74.5 Å². The highest BCUT2D eigenvalue weighted by atomic mass is 35.5. The molecule has 0 radical (unpaired) electrons. The summed E-state index contributed by atoms with van der Waals surface area (Å²) < 4.78 is 8.53. The fraction of sp³-hybridized carbons (Fsp3) is 0.333. The lowest BCUT2D eigenvalue weighted by Gasteiger charge is -2.36. The van der Waals surface area contributed by atoms with E-state index in [4.69, 9.17) is 21.2 Å². The molecule has 0 spiro atoms. The SMILES string of the molecule is CO[NH2+]c1cc(SNC(=O)c2ccc(N3CCN(Cc4cc(NC(=O)OC(C)(C)C)ccc4-c4ccc(Cl)cc4)CC3)cc2)ccc1NC(CCN(C)C)CSc1ccccc1. The van der Waals surface area contributed by atoms with E-state index < -0.39 is 11.7 Å². The second kappa shape index (κ2) is 22.6. The average Bonchev–Trinajstić information content (AvgIpc) is 3.25. The van der Waals surface area contributed by atoms with E-state index in [1.165, 1.54) is 16.8 Å². The molecular weight excluding hydrogens is 838 g/mol. The summed E-state index contributed by atoms with van der Waals surface area (Å²) in [7, 11) is 5.85. The molecule has 1 fully saturated rings. The highest BCUT2D eigenvalue weighted by Gasteiger charge is 2.22. The summed E-state index contributed by atoms with van der Waals surface area (Å²) in [4.78, 5) is 40.5. The molecule has 0 aromatic heterocycles. The predicted molar refractivity (Wildman–Crippen MR) is 257 cm³/mol. The molecule has 62 heavy (non-hydrogen) atoms. The van der Waals surface area contributed by atoms with Crippen LogP contribution in [0.3, 0.4) is 0 Å². The number of carbonyl (C=O) groups is 2. The molecule has 5 aromatic carbocycles. The number of carbonyl (C=O) groups excluding carboxylic acids is 2. The second-order valence-electron chi connectivity index (χ2n) is 16.5. The molecule has 5 aromatic rings. The molecule has 1 unspecified atom stereocenters. The van der Waals surface area contributed by atoms with Crippen molar-refractivity contribution in [3.8, 4) is 11.1 Å². The van der Waals surface area contributed by atoms with E-state index in [1.807, 2.05) is 117 Å². The number of rotatable bonds is 18. The first kappa shape index (κ1) is 46.8. The van der Waals surface area contributed by atoms with E-state index in [0.717, 1.165) is 83.5 Å². The third kappa shape index (κ3) is 14.4. The number of quaternary nitrogens is 1. The molecular formula is C48H59ClN7O4S2+. The summed E-state index contributed by atoms with van der Waals surface area (Å²) in [5.74, 6) is 0.762. The van der Waals surface area contributed by atoms with Crippen LogP contribution < -0.4 is 25.7 Å². The number of halogens is 1. The van der Waals surface area contributed by atoms with Crippen LogP contribution in [0.1, 0.15) is 43.1 Å². The molecule has 14 heteroatoms. The Balaban J connectivity index is 1.03. The Morgan fingerprint density at radius 1 is 0.871 bits per heavy atom. The number of piperazine rings is 1. The van der Waals surface area contributed by atoms with E-state index in [0.29, 0.717) is 22.8 Å². The van der Waals surface area contributed by atoms with Crippen LogP contribution in [0, 0.1) is 0 Å². The molecule has 2 amide bonds. The third-order valence-electron chi connectivity index (χ3n) is 10.2. The minimum absolute atomic E-state index is 0.160. The molecule has 1 aliphatic rings. The molecule has 5 N–H and O–H groups in total. The van der Waals surface area contributed by atoms with Crippen LogP contribution >= 0.6 is 35.3 Å². The number of nitrogens with one attached hydrogen (secondary N) is 3. The molecule has 1 aliphatic heterocycles. The number of ether oxygens (including phenoxy) is 1. The van der Waals surface area contributed by atoms with Crippen molar-refractivity contribution in [2.24, 2.45) is 0 Å². The maximum absolute atomic E-state index is 13.3. The van der Waals surface area contributed by atoms with Gasteiger partial charge in [0.05, 0.1) is 12.8 Å². The number of anilines is 3. The minimum Gasteiger partial charge on any atom is -0.444 e. The predicted octanol–water partition coefficient (Wildman–Crippen LogP) is 9.39. The maximum atomic E-state index is 13.3. The summed E-state index contributed by atoms with van der Waals surface area (Å²) >= 11 is 9.35. The lowest BCUT2D eigenvalue weighted by molar-refractivity contribution is -0.829. The molecule has 11 nitrogen and oxygen atoms in total. The molecule has 0 saturated carbocycles. The van der Waals surface area contributed by atoms with E-state index in [9.17, 15) is 9.59 Å². The van der Waals surface area contributed by atoms with E-state index in [1.54, 1.807) is 12.6 Å². The topological polar surface area (TPSA) is 115 Å². The second-order valence-corrected chi connectivity index (χ2v) is 18.9. The van der Waals surface area contributed by atoms with Crippen molar-refractivity contribution in [2.45, 2.75) is 55.2 Å². The number of nitrogens with zero attached hydrogens (tertiary/aromatic N) is 3. The Kier molecular flexibility index (Phi) is 17.0. The van der Waals surface area contributed by atoms with Crippen LogP contribution in [-0.4, -0.2) is 93.1 Å². The van der Waals surface area contributed by atoms with Gasteiger partial charge in [0, 0.05) is 82.3 Å². The van der Waals surface area contributed by atoms with E-state index >= 15 is 0 Å². The van der Waals surface area contributed by atoms with Gasteiger partial charge in [0.15, 0.2) is 5.69 Å². The smallest absolute Gasteiger partial charge is 0.412 e. The largest absolute Gasteiger partial charge is 0.444 e. The van der Waals surface area contributed by atoms with E-state index in [-0.39, 0.29) is 11.9 Å². The van der Waals surface area contributed by atoms with Gasteiger partial charge in [-0.05, 0) is 149 Å². The van der Waals surface area contributed by atoms with Gasteiger partial charge < -0.3 is 19.9 Å². The number of nitrogens with two attached hydrogens (primary N) is 1. The van der Waals surface area contributed by atoms with Crippen molar-refractivity contribution in [1.29, 1.82) is 0 Å². The van der Waals surface area contributed by atoms with Gasteiger partial charge in [-0.25, -0.2) is 9.63 Å². The molecule has 0 bridgehead atoms. The van der Waals surface area contributed by atoms with Gasteiger partial charge in [-0.1, -0.05) is 48.0 Å². The van der Waals surface area contributed by atoms with Crippen LogP contribution in [0.15, 0.2) is 125 Å². The molecule has 1 heterocycles. The highest BCUT2D eigenvalue weighted by Crippen LogP contribution is 2.31. The lowest BCUT2D eigenvalue weighted by Crippen LogP contribution is -2.76. The zero-order valence-electron chi connectivity index (χ0n) is 36.5. The molecule has 1 atom stereocenters. The fourth-order valence-electron chi connectivity index (χ4n) is 7.03. The first-order valence-corrected chi connectivity index (χ1v) is 23.0. The van der Waals surface area contributed by atoms with Crippen molar-refractivity contribution in [2.75, 3.05) is 75.2 Å². The summed E-state index contributed by atoms with van der Waals surface area (Å²) in [5.41, 5.74) is 8.64. The van der Waals surface area contributed by atoms with Crippen molar-refractivity contribution in [3.05, 3.63) is 131 Å². The van der Waals surface area contributed by atoms with Gasteiger partial charge in [0.25, 0.3) is 5.91 Å². The number of benzene rings is 5. The monoisotopic (exact) mass is 896 g/mol. The number of hydrogen-bond donors (Lipinski definition) is 4. The van der Waals surface area contributed by atoms with Gasteiger partial charge >= 0.3 is 6.09 Å². The van der Waals surface area contributed by atoms with Crippen LogP contribution in [0.2, 0.25) is 5.02 Å². The first-order chi connectivity index (χ1) is 29.8. The molecule has 6 rings (SSSR count). The zero-order chi connectivity index (χ0) is 44.1. The van der Waals surface area contributed by atoms with Gasteiger partial charge in [-0.2, -0.15) is 5.48 Å². The number of thioether (sulfide) groups is 1. The number of amides is 2. The summed E-state index contributed by atoms with van der Waals surface area (Å²) in [6, 6.07) is 38.5. The van der Waals surface area contributed by atoms with Gasteiger partial charge in [-0.3, -0.25) is 19.7 Å². The quantitative estimate of drug-likeness (QED) is 0.0294. The Hall–Kier alpha value is -4.73. The van der Waals surface area contributed by atoms with Crippen LogP contribution in [0.5, 0.6) is 0 Å². The normalized spacial score (nSPS) is 13.8. The molecule has 328 valence electrons. The minimum atomic E-state index is -0.596. The lowest BCUT2D eigenvalue weighted by atomic mass is 9.98. The van der Waals surface area contributed by atoms with Crippen molar-refractivity contribution in [3.63, 3.8) is 0 Å². The first-order valence-electron chi connectivity index (χ1n) is 20.8. The summed E-state index contributed by atoms with van der Waals surface area (Å²) in [6.45, 7) is 10.6. The standard InChI is InChI=1S/C48H58ClN7O4S2/c1-48(2,3)60-47(58)51-38-18-22-43(34-12-16-37(49)17-13-34)36(30-38)32-55-26-28-56(29-27-55)40-19-14-35(15-20-40)46(57)53-62-42-21-23-44(45(31-42)52-59-6)50-39(24-25-54(4)5)33-61-41-10-8-7-9-11-41/h7-23,30-31,39,50,52H,24-29,32-33H2,1-6H3,(H,51,58)(H,53,57)/p+1. The Bertz CT molecular complexity index is 2220. The van der Waals surface area contributed by atoms with Gasteiger partial charge in [0.2, 0.25) is 0 Å². The number of hydrogen-bond acceptors (Lipinski definition) is 10. The van der Waals surface area contributed by atoms with Crippen LogP contribution in [-0.2, 0) is 16.1 Å². The summed E-state index contributed by atoms with van der Waals surface area (Å²) in [6.07, 6.45) is 0.502. The summed E-state index contributed by atoms with van der Waals surface area (Å²) in [5, 5.41) is 7.34. The van der Waals surface area contributed by atoms with Crippen molar-refractivity contribution < 1.29 is 24.6 Å². The average molecular weight is 898 g/mol. The van der Waals surface area contributed by atoms with Gasteiger partial charge in [0.1, 0.15) is 5.60 Å². The molecule has 0 aliphatic carbocycles. The third-order valence-corrected chi connectivity index (χ3v) is 12.4. The van der Waals surface area contributed by atoms with Gasteiger partial charge in [-0.15, -0.1) is 11.8 Å².